The standard InChI is InChI=1S/C17H12N2O3S/c1-12-13(11-20)7-8-17-16(12)9-14(10-18)19(17)23(21,22)15-5-3-2-4-6-15/h2-9,11H,1H3. The van der Waals surface area contributed by atoms with E-state index < -0.39 is 10.0 Å². The summed E-state index contributed by atoms with van der Waals surface area (Å²) in [6, 6.07) is 14.5. The van der Waals surface area contributed by atoms with Crippen molar-refractivity contribution in [2.24, 2.45) is 0 Å². The maximum absolute atomic E-state index is 12.9. The molecule has 2 aromatic carbocycles. The molecule has 0 radical (unpaired) electrons. The zero-order chi connectivity index (χ0) is 16.6. The lowest BCUT2D eigenvalue weighted by Crippen LogP contribution is -2.14. The molecule has 3 rings (SSSR count). The fourth-order valence-corrected chi connectivity index (χ4v) is 4.06. The average Bonchev–Trinajstić information content (AvgIpc) is 2.96. The van der Waals surface area contributed by atoms with E-state index in [2.05, 4.69) is 0 Å². The van der Waals surface area contributed by atoms with Gasteiger partial charge < -0.3 is 0 Å². The van der Waals surface area contributed by atoms with Crippen LogP contribution in [0.2, 0.25) is 0 Å². The quantitative estimate of drug-likeness (QED) is 0.694. The molecule has 114 valence electrons. The molecule has 1 heterocycles. The summed E-state index contributed by atoms with van der Waals surface area (Å²) in [7, 11) is -3.90. The van der Waals surface area contributed by atoms with Gasteiger partial charge in [-0.25, -0.2) is 12.4 Å². The number of carbonyl (C=O) groups excluding carboxylic acids is 1. The first-order chi connectivity index (χ1) is 11.0. The van der Waals surface area contributed by atoms with E-state index >= 15 is 0 Å². The van der Waals surface area contributed by atoms with Crippen LogP contribution < -0.4 is 0 Å². The number of aryl methyl sites for hydroxylation is 1. The van der Waals surface area contributed by atoms with Crippen LogP contribution in [0.15, 0.2) is 53.4 Å². The Labute approximate surface area is 133 Å². The number of fused-ring (bicyclic) bond motifs is 1. The Morgan fingerprint density at radius 2 is 1.83 bits per heavy atom. The SMILES string of the molecule is Cc1c(C=O)ccc2c1cc(C#N)n2S(=O)(=O)c1ccccc1. The van der Waals surface area contributed by atoms with Crippen molar-refractivity contribution in [1.82, 2.24) is 3.97 Å². The van der Waals surface area contributed by atoms with Gasteiger partial charge in [0.2, 0.25) is 0 Å². The van der Waals surface area contributed by atoms with Gasteiger partial charge in [-0.2, -0.15) is 5.26 Å². The number of hydrogen-bond acceptors (Lipinski definition) is 4. The number of aldehydes is 1. The molecule has 6 heteroatoms. The van der Waals surface area contributed by atoms with Gasteiger partial charge in [-0.1, -0.05) is 18.2 Å². The van der Waals surface area contributed by atoms with Crippen molar-refractivity contribution >= 4 is 27.2 Å². The average molecular weight is 324 g/mol. The van der Waals surface area contributed by atoms with Crippen LogP contribution in [0.3, 0.4) is 0 Å². The van der Waals surface area contributed by atoms with Gasteiger partial charge in [-0.3, -0.25) is 4.79 Å². The summed E-state index contributed by atoms with van der Waals surface area (Å²) < 4.78 is 26.8. The minimum Gasteiger partial charge on any atom is -0.298 e. The lowest BCUT2D eigenvalue weighted by Gasteiger charge is -2.09. The summed E-state index contributed by atoms with van der Waals surface area (Å²) in [5, 5.41) is 9.92. The third-order valence-corrected chi connectivity index (χ3v) is 5.52. The predicted octanol–water partition coefficient (Wildman–Crippen LogP) is 2.87. The van der Waals surface area contributed by atoms with Crippen LogP contribution in [0.25, 0.3) is 10.9 Å². The summed E-state index contributed by atoms with van der Waals surface area (Å²) in [4.78, 5) is 11.2. The molecule has 0 aliphatic heterocycles. The van der Waals surface area contributed by atoms with Crippen molar-refractivity contribution in [2.75, 3.05) is 0 Å². The number of hydrogen-bond donors (Lipinski definition) is 0. The maximum Gasteiger partial charge on any atom is 0.269 e. The van der Waals surface area contributed by atoms with E-state index in [0.717, 1.165) is 3.97 Å². The van der Waals surface area contributed by atoms with Gasteiger partial charge in [0.15, 0.2) is 0 Å². The molecule has 0 saturated carbocycles. The van der Waals surface area contributed by atoms with Gasteiger partial charge in [-0.05, 0) is 42.8 Å². The molecule has 0 unspecified atom stereocenters. The first-order valence-electron chi connectivity index (χ1n) is 6.81. The van der Waals surface area contributed by atoms with Crippen LogP contribution >= 0.6 is 0 Å². The first-order valence-corrected chi connectivity index (χ1v) is 8.25. The number of aromatic nitrogens is 1. The zero-order valence-electron chi connectivity index (χ0n) is 12.2. The topological polar surface area (TPSA) is 79.9 Å². The number of nitriles is 1. The van der Waals surface area contributed by atoms with Gasteiger partial charge in [0, 0.05) is 10.9 Å². The van der Waals surface area contributed by atoms with Crippen LogP contribution in [0.4, 0.5) is 0 Å². The molecular weight excluding hydrogens is 312 g/mol. The minimum absolute atomic E-state index is 0.00926. The van der Waals surface area contributed by atoms with Crippen molar-refractivity contribution in [3.8, 4) is 6.07 Å². The van der Waals surface area contributed by atoms with Gasteiger partial charge in [-0.15, -0.1) is 0 Å². The van der Waals surface area contributed by atoms with Gasteiger partial charge >= 0.3 is 0 Å². The normalized spacial score (nSPS) is 11.3. The number of rotatable bonds is 3. The fraction of sp³-hybridized carbons (Fsp3) is 0.0588. The Kier molecular flexibility index (Phi) is 3.51. The minimum atomic E-state index is -3.90. The summed E-state index contributed by atoms with van der Waals surface area (Å²) in [6.45, 7) is 1.73. The highest BCUT2D eigenvalue weighted by atomic mass is 32.2. The fourth-order valence-electron chi connectivity index (χ4n) is 2.58. The second kappa shape index (κ2) is 5.38. The molecule has 0 fully saturated rings. The molecular formula is C17H12N2O3S. The van der Waals surface area contributed by atoms with Crippen LogP contribution in [0, 0.1) is 18.3 Å². The monoisotopic (exact) mass is 324 g/mol. The molecule has 0 amide bonds. The summed E-state index contributed by atoms with van der Waals surface area (Å²) in [5.74, 6) is 0. The molecule has 5 nitrogen and oxygen atoms in total. The van der Waals surface area contributed by atoms with E-state index in [4.69, 9.17) is 0 Å². The maximum atomic E-state index is 12.9. The van der Waals surface area contributed by atoms with Crippen LogP contribution in [0.1, 0.15) is 21.6 Å². The van der Waals surface area contributed by atoms with Crippen molar-refractivity contribution < 1.29 is 13.2 Å². The van der Waals surface area contributed by atoms with E-state index in [0.29, 0.717) is 28.3 Å². The van der Waals surface area contributed by atoms with Crippen molar-refractivity contribution in [3.63, 3.8) is 0 Å². The molecule has 0 bridgehead atoms. The second-order valence-electron chi connectivity index (χ2n) is 5.05. The molecule has 1 aromatic heterocycles. The molecule has 3 aromatic rings. The predicted molar refractivity (Wildman–Crippen MR) is 85.8 cm³/mol. The Morgan fingerprint density at radius 3 is 2.43 bits per heavy atom. The van der Waals surface area contributed by atoms with E-state index in [1.165, 1.54) is 18.2 Å². The summed E-state index contributed by atoms with van der Waals surface area (Å²) in [5.41, 5.74) is 1.51. The van der Waals surface area contributed by atoms with E-state index in [1.807, 2.05) is 6.07 Å². The van der Waals surface area contributed by atoms with E-state index in [1.54, 1.807) is 37.3 Å². The lowest BCUT2D eigenvalue weighted by molar-refractivity contribution is 0.112. The third kappa shape index (κ3) is 2.22. The molecule has 0 aliphatic rings. The van der Waals surface area contributed by atoms with Crippen molar-refractivity contribution in [1.29, 1.82) is 5.26 Å². The summed E-state index contributed by atoms with van der Waals surface area (Å²) >= 11 is 0. The Hall–Kier alpha value is -2.91. The Bertz CT molecular complexity index is 1060. The smallest absolute Gasteiger partial charge is 0.269 e. The zero-order valence-corrected chi connectivity index (χ0v) is 13.0. The van der Waals surface area contributed by atoms with Crippen LogP contribution in [-0.2, 0) is 10.0 Å². The molecule has 0 saturated heterocycles. The van der Waals surface area contributed by atoms with Gasteiger partial charge in [0.05, 0.1) is 10.4 Å². The van der Waals surface area contributed by atoms with E-state index in [9.17, 15) is 18.5 Å². The van der Waals surface area contributed by atoms with Gasteiger partial charge in [0.1, 0.15) is 18.0 Å². The number of benzene rings is 2. The molecule has 0 atom stereocenters. The highest BCUT2D eigenvalue weighted by molar-refractivity contribution is 7.90. The molecule has 23 heavy (non-hydrogen) atoms. The second-order valence-corrected chi connectivity index (χ2v) is 6.84. The van der Waals surface area contributed by atoms with Gasteiger partial charge in [0.25, 0.3) is 10.0 Å². The highest BCUT2D eigenvalue weighted by Gasteiger charge is 2.23. The Balaban J connectivity index is 2.41. The molecule has 0 aliphatic carbocycles. The van der Waals surface area contributed by atoms with E-state index in [-0.39, 0.29) is 10.6 Å². The highest BCUT2D eigenvalue weighted by Crippen LogP contribution is 2.28. The summed E-state index contributed by atoms with van der Waals surface area (Å²) in [6.07, 6.45) is 0.712. The third-order valence-electron chi connectivity index (χ3n) is 3.78. The largest absolute Gasteiger partial charge is 0.298 e. The molecule has 0 N–H and O–H groups in total. The lowest BCUT2D eigenvalue weighted by atomic mass is 10.1. The van der Waals surface area contributed by atoms with Crippen molar-refractivity contribution in [2.45, 2.75) is 11.8 Å². The van der Waals surface area contributed by atoms with Crippen LogP contribution in [-0.4, -0.2) is 18.7 Å². The number of carbonyl (C=O) groups is 1. The molecule has 0 spiro atoms. The number of nitrogens with zero attached hydrogens (tertiary/aromatic N) is 2. The van der Waals surface area contributed by atoms with Crippen molar-refractivity contribution in [3.05, 3.63) is 65.4 Å². The first kappa shape index (κ1) is 15.0. The Morgan fingerprint density at radius 1 is 1.13 bits per heavy atom. The van der Waals surface area contributed by atoms with Crippen LogP contribution in [0.5, 0.6) is 0 Å².